The number of fused-ring (bicyclic) bond motifs is 1. The van der Waals surface area contributed by atoms with Crippen molar-refractivity contribution in [3.05, 3.63) is 17.3 Å². The van der Waals surface area contributed by atoms with Gasteiger partial charge < -0.3 is 10.1 Å². The first-order valence-electron chi connectivity index (χ1n) is 6.69. The van der Waals surface area contributed by atoms with E-state index >= 15 is 0 Å². The molecule has 21 heavy (non-hydrogen) atoms. The molecule has 0 spiro atoms. The Morgan fingerprint density at radius 1 is 1.29 bits per heavy atom. The number of nitrogens with one attached hydrogen (secondary N) is 1. The van der Waals surface area contributed by atoms with E-state index in [-0.39, 0.29) is 11.0 Å². The summed E-state index contributed by atoms with van der Waals surface area (Å²) in [6.45, 7) is 1.75. The lowest BCUT2D eigenvalue weighted by Crippen LogP contribution is -2.34. The molecule has 1 saturated heterocycles. The highest BCUT2D eigenvalue weighted by Crippen LogP contribution is 2.33. The fourth-order valence-electron chi connectivity index (χ4n) is 2.33. The van der Waals surface area contributed by atoms with E-state index < -0.39 is 12.6 Å². The van der Waals surface area contributed by atoms with Crippen LogP contribution in [0.5, 0.6) is 5.88 Å². The number of hydrogen-bond acceptors (Lipinski definition) is 5. The van der Waals surface area contributed by atoms with Gasteiger partial charge in [0.05, 0.1) is 11.8 Å². The molecule has 0 bridgehead atoms. The summed E-state index contributed by atoms with van der Waals surface area (Å²) in [5.74, 6) is 0.386. The van der Waals surface area contributed by atoms with Crippen LogP contribution in [0.15, 0.2) is 12.4 Å². The lowest BCUT2D eigenvalue weighted by Gasteiger charge is -2.23. The highest BCUT2D eigenvalue weighted by molar-refractivity contribution is 7.18. The summed E-state index contributed by atoms with van der Waals surface area (Å²) in [6, 6.07) is 1.49. The van der Waals surface area contributed by atoms with Crippen molar-refractivity contribution < 1.29 is 17.9 Å². The van der Waals surface area contributed by atoms with E-state index in [0.29, 0.717) is 16.1 Å². The molecule has 1 aliphatic heterocycles. The van der Waals surface area contributed by atoms with Crippen molar-refractivity contribution in [3.63, 3.8) is 0 Å². The number of rotatable bonds is 3. The van der Waals surface area contributed by atoms with Gasteiger partial charge in [-0.1, -0.05) is 0 Å². The van der Waals surface area contributed by atoms with Crippen molar-refractivity contribution in [2.24, 2.45) is 0 Å². The highest BCUT2D eigenvalue weighted by atomic mass is 32.1. The van der Waals surface area contributed by atoms with Crippen LogP contribution in [0.1, 0.15) is 17.7 Å². The molecule has 0 aromatic carbocycles. The Kier molecular flexibility index (Phi) is 3.99. The van der Waals surface area contributed by atoms with Crippen LogP contribution in [-0.2, 0) is 6.42 Å². The Balaban J connectivity index is 1.84. The molecule has 0 radical (unpaired) electrons. The molecule has 1 fully saturated rings. The van der Waals surface area contributed by atoms with Gasteiger partial charge in [0.25, 0.3) is 0 Å². The standard InChI is InChI=1S/C13H14F3N3OS/c14-13(15,16)6-9-5-10-11(18-7-19-12(10)21-9)20-8-1-3-17-4-2-8/h5,7-8,17H,1-4,6H2. The molecule has 2 aromatic rings. The molecule has 8 heteroatoms. The van der Waals surface area contributed by atoms with Gasteiger partial charge in [-0.3, -0.25) is 0 Å². The fraction of sp³-hybridized carbons (Fsp3) is 0.538. The van der Waals surface area contributed by atoms with E-state index in [1.807, 2.05) is 0 Å². The molecule has 0 unspecified atom stereocenters. The smallest absolute Gasteiger partial charge is 0.393 e. The van der Waals surface area contributed by atoms with Crippen LogP contribution in [0.3, 0.4) is 0 Å². The summed E-state index contributed by atoms with van der Waals surface area (Å²) < 4.78 is 43.3. The zero-order chi connectivity index (χ0) is 14.9. The molecule has 0 atom stereocenters. The SMILES string of the molecule is FC(F)(F)Cc1cc2c(OC3CCNCC3)ncnc2s1. The van der Waals surface area contributed by atoms with Crippen LogP contribution in [0, 0.1) is 0 Å². The van der Waals surface area contributed by atoms with Gasteiger partial charge in [0.2, 0.25) is 5.88 Å². The normalized spacial score (nSPS) is 17.3. The van der Waals surface area contributed by atoms with E-state index in [1.165, 1.54) is 12.4 Å². The van der Waals surface area contributed by atoms with Crippen LogP contribution in [0.2, 0.25) is 0 Å². The van der Waals surface area contributed by atoms with Gasteiger partial charge in [0, 0.05) is 4.88 Å². The molecule has 1 N–H and O–H groups in total. The Bertz CT molecular complexity index is 623. The molecule has 2 aromatic heterocycles. The van der Waals surface area contributed by atoms with Crippen molar-refractivity contribution in [1.29, 1.82) is 0 Å². The van der Waals surface area contributed by atoms with Gasteiger partial charge in [-0.2, -0.15) is 13.2 Å². The lowest BCUT2D eigenvalue weighted by atomic mass is 10.1. The molecule has 0 amide bonds. The average molecular weight is 317 g/mol. The number of alkyl halides is 3. The summed E-state index contributed by atoms with van der Waals surface area (Å²) in [4.78, 5) is 8.88. The number of nitrogens with zero attached hydrogens (tertiary/aromatic N) is 2. The maximum atomic E-state index is 12.5. The minimum atomic E-state index is -4.22. The molecular weight excluding hydrogens is 303 g/mol. The molecule has 3 heterocycles. The van der Waals surface area contributed by atoms with E-state index in [4.69, 9.17) is 4.74 Å². The summed E-state index contributed by atoms with van der Waals surface area (Å²) in [5.41, 5.74) is 0. The summed E-state index contributed by atoms with van der Waals surface area (Å²) in [6.07, 6.45) is -2.04. The van der Waals surface area contributed by atoms with E-state index in [1.54, 1.807) is 0 Å². The minimum Gasteiger partial charge on any atom is -0.474 e. The molecule has 3 rings (SSSR count). The number of thiophene rings is 1. The summed E-state index contributed by atoms with van der Waals surface area (Å²) in [5, 5.41) is 3.80. The quantitative estimate of drug-likeness (QED) is 0.945. The lowest BCUT2D eigenvalue weighted by molar-refractivity contribution is -0.126. The van der Waals surface area contributed by atoms with Crippen LogP contribution in [0.4, 0.5) is 13.2 Å². The van der Waals surface area contributed by atoms with Crippen LogP contribution < -0.4 is 10.1 Å². The van der Waals surface area contributed by atoms with Crippen molar-refractivity contribution in [3.8, 4) is 5.88 Å². The van der Waals surface area contributed by atoms with E-state index in [0.717, 1.165) is 37.3 Å². The maximum absolute atomic E-state index is 12.5. The van der Waals surface area contributed by atoms with Crippen molar-refractivity contribution in [2.75, 3.05) is 13.1 Å². The molecule has 114 valence electrons. The van der Waals surface area contributed by atoms with Crippen molar-refractivity contribution in [1.82, 2.24) is 15.3 Å². The first kappa shape index (κ1) is 14.5. The monoisotopic (exact) mass is 317 g/mol. The number of halogens is 3. The third kappa shape index (κ3) is 3.62. The van der Waals surface area contributed by atoms with E-state index in [2.05, 4.69) is 15.3 Å². The van der Waals surface area contributed by atoms with Gasteiger partial charge in [-0.15, -0.1) is 11.3 Å². The van der Waals surface area contributed by atoms with Crippen LogP contribution in [0.25, 0.3) is 10.2 Å². The summed E-state index contributed by atoms with van der Waals surface area (Å²) in [7, 11) is 0. The van der Waals surface area contributed by atoms with E-state index in [9.17, 15) is 13.2 Å². The molecule has 4 nitrogen and oxygen atoms in total. The van der Waals surface area contributed by atoms with Gasteiger partial charge in [0.1, 0.15) is 17.3 Å². The second-order valence-electron chi connectivity index (χ2n) is 4.97. The van der Waals surface area contributed by atoms with Gasteiger partial charge in [-0.05, 0) is 32.0 Å². The number of ether oxygens (including phenoxy) is 1. The second kappa shape index (κ2) is 5.76. The zero-order valence-corrected chi connectivity index (χ0v) is 11.9. The Hall–Kier alpha value is -1.41. The van der Waals surface area contributed by atoms with Gasteiger partial charge in [0.15, 0.2) is 0 Å². The van der Waals surface area contributed by atoms with Crippen molar-refractivity contribution in [2.45, 2.75) is 31.5 Å². The largest absolute Gasteiger partial charge is 0.474 e. The predicted molar refractivity (Wildman–Crippen MR) is 73.7 cm³/mol. The van der Waals surface area contributed by atoms with Gasteiger partial charge >= 0.3 is 6.18 Å². The minimum absolute atomic E-state index is 0.0512. The van der Waals surface area contributed by atoms with Gasteiger partial charge in [-0.25, -0.2) is 9.97 Å². The number of hydrogen-bond donors (Lipinski definition) is 1. The molecule has 0 aliphatic carbocycles. The maximum Gasteiger partial charge on any atom is 0.393 e. The topological polar surface area (TPSA) is 47.0 Å². The first-order chi connectivity index (χ1) is 10.0. The second-order valence-corrected chi connectivity index (χ2v) is 6.08. The first-order valence-corrected chi connectivity index (χ1v) is 7.50. The predicted octanol–water partition coefficient (Wildman–Crippen LogP) is 2.93. The number of piperidine rings is 1. The van der Waals surface area contributed by atoms with Crippen LogP contribution >= 0.6 is 11.3 Å². The van der Waals surface area contributed by atoms with Crippen molar-refractivity contribution >= 4 is 21.6 Å². The Morgan fingerprint density at radius 3 is 2.76 bits per heavy atom. The number of aromatic nitrogens is 2. The third-order valence-corrected chi connectivity index (χ3v) is 4.33. The third-order valence-electron chi connectivity index (χ3n) is 3.28. The average Bonchev–Trinajstić information content (AvgIpc) is 2.81. The van der Waals surface area contributed by atoms with Crippen LogP contribution in [-0.4, -0.2) is 35.3 Å². The highest BCUT2D eigenvalue weighted by Gasteiger charge is 2.29. The molecule has 1 aliphatic rings. The molecular formula is C13H14F3N3OS. The zero-order valence-electron chi connectivity index (χ0n) is 11.1. The fourth-order valence-corrected chi connectivity index (χ4v) is 3.35. The Morgan fingerprint density at radius 2 is 2.05 bits per heavy atom. The molecule has 0 saturated carbocycles. The Labute approximate surface area is 123 Å². The summed E-state index contributed by atoms with van der Waals surface area (Å²) >= 11 is 1.04.